The maximum absolute atomic E-state index is 12.2. The van der Waals surface area contributed by atoms with Gasteiger partial charge in [-0.15, -0.1) is 11.8 Å². The van der Waals surface area contributed by atoms with Crippen molar-refractivity contribution < 1.29 is 9.59 Å². The first-order valence-electron chi connectivity index (χ1n) is 9.05. The number of likely N-dealkylation sites (tertiary alicyclic amines) is 1. The third-order valence-electron chi connectivity index (χ3n) is 4.39. The maximum atomic E-state index is 12.2. The van der Waals surface area contributed by atoms with Crippen molar-refractivity contribution in [3.63, 3.8) is 0 Å². The number of hydrogen-bond donors (Lipinski definition) is 1. The van der Waals surface area contributed by atoms with Crippen molar-refractivity contribution in [2.45, 2.75) is 30.6 Å². The van der Waals surface area contributed by atoms with E-state index in [2.05, 4.69) is 5.32 Å². The minimum atomic E-state index is 0.00863. The van der Waals surface area contributed by atoms with Crippen LogP contribution in [0, 0.1) is 0 Å². The van der Waals surface area contributed by atoms with Gasteiger partial charge in [0.2, 0.25) is 11.8 Å². The van der Waals surface area contributed by atoms with E-state index in [0.717, 1.165) is 42.9 Å². The van der Waals surface area contributed by atoms with E-state index >= 15 is 0 Å². The van der Waals surface area contributed by atoms with Crippen LogP contribution in [-0.4, -0.2) is 35.6 Å². The molecule has 4 nitrogen and oxygen atoms in total. The van der Waals surface area contributed by atoms with Crippen LogP contribution in [0.3, 0.4) is 0 Å². The Morgan fingerprint density at radius 1 is 0.962 bits per heavy atom. The molecule has 1 heterocycles. The number of rotatable bonds is 7. The quantitative estimate of drug-likeness (QED) is 0.752. The molecular weight excluding hydrogens is 344 g/mol. The number of amides is 2. The minimum Gasteiger partial charge on any atom is -0.342 e. The summed E-state index contributed by atoms with van der Waals surface area (Å²) < 4.78 is 0. The van der Waals surface area contributed by atoms with Gasteiger partial charge in [0.25, 0.3) is 0 Å². The van der Waals surface area contributed by atoms with Crippen LogP contribution in [0.1, 0.15) is 24.8 Å². The Hall–Kier alpha value is -2.27. The molecule has 0 radical (unpaired) electrons. The van der Waals surface area contributed by atoms with Crippen molar-refractivity contribution in [2.24, 2.45) is 0 Å². The van der Waals surface area contributed by atoms with Gasteiger partial charge < -0.3 is 10.2 Å². The summed E-state index contributed by atoms with van der Waals surface area (Å²) in [5, 5.41) is 2.92. The zero-order chi connectivity index (χ0) is 18.2. The van der Waals surface area contributed by atoms with Gasteiger partial charge in [-0.25, -0.2) is 0 Å². The second-order valence-corrected chi connectivity index (χ2v) is 7.59. The van der Waals surface area contributed by atoms with Crippen molar-refractivity contribution in [2.75, 3.05) is 24.2 Å². The average Bonchev–Trinajstić information content (AvgIpc) is 3.19. The molecule has 2 aromatic rings. The molecule has 136 valence electrons. The van der Waals surface area contributed by atoms with E-state index in [-0.39, 0.29) is 11.8 Å². The number of carbonyl (C=O) groups excluding carboxylic acids is 2. The first-order valence-corrected chi connectivity index (χ1v) is 10.0. The predicted molar refractivity (Wildman–Crippen MR) is 106 cm³/mol. The summed E-state index contributed by atoms with van der Waals surface area (Å²) in [6.45, 7) is 1.77. The number of anilines is 1. The van der Waals surface area contributed by atoms with E-state index in [9.17, 15) is 9.59 Å². The van der Waals surface area contributed by atoms with Crippen molar-refractivity contribution in [1.82, 2.24) is 4.90 Å². The SMILES string of the molecule is O=C(CCSc1ccccc1)Nc1ccc(CC(=O)N2CCCC2)cc1. The van der Waals surface area contributed by atoms with Crippen LogP contribution >= 0.6 is 11.8 Å². The lowest BCUT2D eigenvalue weighted by Gasteiger charge is -2.15. The fraction of sp³-hybridized carbons (Fsp3) is 0.333. The van der Waals surface area contributed by atoms with Gasteiger partial charge in [-0.2, -0.15) is 0 Å². The molecule has 1 N–H and O–H groups in total. The van der Waals surface area contributed by atoms with Crippen LogP contribution in [0.15, 0.2) is 59.5 Å². The van der Waals surface area contributed by atoms with Gasteiger partial charge in [-0.1, -0.05) is 30.3 Å². The smallest absolute Gasteiger partial charge is 0.226 e. The standard InChI is InChI=1S/C21H24N2O2S/c24-20(12-15-26-19-6-2-1-3-7-19)22-18-10-8-17(9-11-18)16-21(25)23-13-4-5-14-23/h1-3,6-11H,4-5,12-16H2,(H,22,24). The van der Waals surface area contributed by atoms with E-state index in [1.807, 2.05) is 59.5 Å². The van der Waals surface area contributed by atoms with Gasteiger partial charge in [-0.3, -0.25) is 9.59 Å². The number of thioether (sulfide) groups is 1. The molecule has 0 aromatic heterocycles. The summed E-state index contributed by atoms with van der Waals surface area (Å²) >= 11 is 1.68. The van der Waals surface area contributed by atoms with Crippen molar-refractivity contribution in [3.05, 3.63) is 60.2 Å². The fourth-order valence-corrected chi connectivity index (χ4v) is 3.83. The molecule has 0 unspecified atom stereocenters. The predicted octanol–water partition coefficient (Wildman–Crippen LogP) is 3.97. The second-order valence-electron chi connectivity index (χ2n) is 6.42. The molecule has 0 bridgehead atoms. The van der Waals surface area contributed by atoms with Crippen LogP contribution in [-0.2, 0) is 16.0 Å². The zero-order valence-electron chi connectivity index (χ0n) is 14.8. The molecule has 0 spiro atoms. The summed E-state index contributed by atoms with van der Waals surface area (Å²) in [5.41, 5.74) is 1.76. The first-order chi connectivity index (χ1) is 12.7. The lowest BCUT2D eigenvalue weighted by atomic mass is 10.1. The Morgan fingerprint density at radius 2 is 1.65 bits per heavy atom. The molecule has 0 aliphatic carbocycles. The van der Waals surface area contributed by atoms with E-state index in [4.69, 9.17) is 0 Å². The molecule has 0 atom stereocenters. The van der Waals surface area contributed by atoms with Gasteiger partial charge in [0.05, 0.1) is 6.42 Å². The van der Waals surface area contributed by atoms with Gasteiger partial charge in [0.15, 0.2) is 0 Å². The molecular formula is C21H24N2O2S. The average molecular weight is 369 g/mol. The van der Waals surface area contributed by atoms with E-state index < -0.39 is 0 Å². The Kier molecular flexibility index (Phi) is 6.72. The molecule has 1 saturated heterocycles. The van der Waals surface area contributed by atoms with E-state index in [0.29, 0.717) is 12.8 Å². The highest BCUT2D eigenvalue weighted by Gasteiger charge is 2.17. The summed E-state index contributed by atoms with van der Waals surface area (Å²) in [6.07, 6.45) is 3.12. The van der Waals surface area contributed by atoms with Crippen molar-refractivity contribution in [3.8, 4) is 0 Å². The Balaban J connectivity index is 1.41. The minimum absolute atomic E-state index is 0.00863. The summed E-state index contributed by atoms with van der Waals surface area (Å²) in [5.74, 6) is 0.949. The topological polar surface area (TPSA) is 49.4 Å². The molecule has 0 saturated carbocycles. The Bertz CT molecular complexity index is 725. The van der Waals surface area contributed by atoms with Gasteiger partial charge in [0.1, 0.15) is 0 Å². The molecule has 26 heavy (non-hydrogen) atoms. The third kappa shape index (κ3) is 5.63. The summed E-state index contributed by atoms with van der Waals surface area (Å²) in [6, 6.07) is 17.7. The maximum Gasteiger partial charge on any atom is 0.226 e. The van der Waals surface area contributed by atoms with Gasteiger partial charge >= 0.3 is 0 Å². The molecule has 3 rings (SSSR count). The van der Waals surface area contributed by atoms with Crippen LogP contribution in [0.2, 0.25) is 0 Å². The summed E-state index contributed by atoms with van der Waals surface area (Å²) in [7, 11) is 0. The molecule has 5 heteroatoms. The van der Waals surface area contributed by atoms with Gasteiger partial charge in [0, 0.05) is 35.8 Å². The van der Waals surface area contributed by atoms with Crippen LogP contribution in [0.4, 0.5) is 5.69 Å². The second kappa shape index (κ2) is 9.43. The Labute approximate surface area is 159 Å². The number of nitrogens with one attached hydrogen (secondary N) is 1. The zero-order valence-corrected chi connectivity index (χ0v) is 15.6. The van der Waals surface area contributed by atoms with Crippen molar-refractivity contribution >= 4 is 29.3 Å². The fourth-order valence-electron chi connectivity index (χ4n) is 2.96. The number of nitrogens with zero attached hydrogens (tertiary/aromatic N) is 1. The van der Waals surface area contributed by atoms with E-state index in [1.54, 1.807) is 11.8 Å². The normalized spacial score (nSPS) is 13.6. The summed E-state index contributed by atoms with van der Waals surface area (Å²) in [4.78, 5) is 27.3. The lowest BCUT2D eigenvalue weighted by Crippen LogP contribution is -2.29. The van der Waals surface area contributed by atoms with E-state index in [1.165, 1.54) is 4.90 Å². The Morgan fingerprint density at radius 3 is 2.35 bits per heavy atom. The monoisotopic (exact) mass is 368 g/mol. The largest absolute Gasteiger partial charge is 0.342 e. The highest BCUT2D eigenvalue weighted by atomic mass is 32.2. The number of hydrogen-bond acceptors (Lipinski definition) is 3. The highest BCUT2D eigenvalue weighted by Crippen LogP contribution is 2.18. The molecule has 2 amide bonds. The molecule has 1 aliphatic rings. The molecule has 1 aliphatic heterocycles. The third-order valence-corrected chi connectivity index (χ3v) is 5.41. The van der Waals surface area contributed by atoms with Gasteiger partial charge in [-0.05, 0) is 42.7 Å². The molecule has 2 aromatic carbocycles. The van der Waals surface area contributed by atoms with Crippen LogP contribution < -0.4 is 5.32 Å². The van der Waals surface area contributed by atoms with Crippen LogP contribution in [0.5, 0.6) is 0 Å². The highest BCUT2D eigenvalue weighted by molar-refractivity contribution is 7.99. The molecule has 1 fully saturated rings. The van der Waals surface area contributed by atoms with Crippen molar-refractivity contribution in [1.29, 1.82) is 0 Å². The lowest BCUT2D eigenvalue weighted by molar-refractivity contribution is -0.129. The number of benzene rings is 2. The first kappa shape index (κ1) is 18.5. The van der Waals surface area contributed by atoms with Crippen LogP contribution in [0.25, 0.3) is 0 Å². The number of carbonyl (C=O) groups is 2.